The Morgan fingerprint density at radius 3 is 2.50 bits per heavy atom. The number of hydrogen-bond acceptors (Lipinski definition) is 3. The van der Waals surface area contributed by atoms with Crippen LogP contribution >= 0.6 is 0 Å². The molecule has 1 aromatic rings. The Balaban J connectivity index is 1.43. The van der Waals surface area contributed by atoms with Crippen LogP contribution in [0.2, 0.25) is 0 Å². The van der Waals surface area contributed by atoms with Crippen molar-refractivity contribution in [3.05, 3.63) is 35.9 Å². The zero-order valence-electron chi connectivity index (χ0n) is 19.9. The second kappa shape index (κ2) is 9.54. The summed E-state index contributed by atoms with van der Waals surface area (Å²) in [5.41, 5.74) is 1.09. The maximum atomic E-state index is 13.1. The summed E-state index contributed by atoms with van der Waals surface area (Å²) in [7, 11) is 0. The molecular formula is C27H40N2O3. The van der Waals surface area contributed by atoms with Gasteiger partial charge in [0, 0.05) is 25.0 Å². The zero-order chi connectivity index (χ0) is 22.9. The maximum absolute atomic E-state index is 13.1. The van der Waals surface area contributed by atoms with Gasteiger partial charge in [-0.2, -0.15) is 0 Å². The second-order valence-corrected chi connectivity index (χ2v) is 10.9. The third-order valence-electron chi connectivity index (χ3n) is 8.89. The van der Waals surface area contributed by atoms with E-state index in [-0.39, 0.29) is 46.9 Å². The smallest absolute Gasteiger partial charge is 0.225 e. The van der Waals surface area contributed by atoms with Crippen molar-refractivity contribution in [3.63, 3.8) is 0 Å². The molecule has 1 aromatic carbocycles. The standard InChI is InChI=1S/C27H40N2O3/c1-18(26(32)29-15-7-8-16-29)21-11-13-27(3)14-12-22(19(2)24(27)25(21)31)28-23(30)17-20-9-5-4-6-10-20/h4-6,9-10,18-19,21-22,24-25,31H,7-8,11-17H2,1-3H3,(H,28,30). The van der Waals surface area contributed by atoms with Gasteiger partial charge < -0.3 is 15.3 Å². The Labute approximate surface area is 193 Å². The Morgan fingerprint density at radius 2 is 1.81 bits per heavy atom. The molecule has 5 nitrogen and oxygen atoms in total. The minimum Gasteiger partial charge on any atom is -0.392 e. The molecule has 7 atom stereocenters. The predicted octanol–water partition coefficient (Wildman–Crippen LogP) is 3.80. The molecule has 2 N–H and O–H groups in total. The van der Waals surface area contributed by atoms with E-state index in [1.165, 1.54) is 0 Å². The highest BCUT2D eigenvalue weighted by atomic mass is 16.3. The fraction of sp³-hybridized carbons (Fsp3) is 0.704. The Kier molecular flexibility index (Phi) is 6.94. The summed E-state index contributed by atoms with van der Waals surface area (Å²) < 4.78 is 0. The molecule has 3 aliphatic rings. The van der Waals surface area contributed by atoms with Crippen LogP contribution in [0.3, 0.4) is 0 Å². The van der Waals surface area contributed by atoms with Crippen LogP contribution < -0.4 is 5.32 Å². The molecular weight excluding hydrogens is 400 g/mol. The SMILES string of the molecule is CC(C(=O)N1CCCC1)C1CCC2(C)CCC(NC(=O)Cc3ccccc3)C(C)C2C1O. The first-order chi connectivity index (χ1) is 15.3. The molecule has 7 unspecified atom stereocenters. The largest absolute Gasteiger partial charge is 0.392 e. The normalized spacial score (nSPS) is 35.8. The summed E-state index contributed by atoms with van der Waals surface area (Å²) in [5.74, 6) is 0.406. The average Bonchev–Trinajstić information content (AvgIpc) is 3.31. The summed E-state index contributed by atoms with van der Waals surface area (Å²) in [5, 5.41) is 14.8. The van der Waals surface area contributed by atoms with Crippen molar-refractivity contribution in [1.29, 1.82) is 0 Å². The molecule has 32 heavy (non-hydrogen) atoms. The molecule has 2 amide bonds. The number of benzene rings is 1. The Morgan fingerprint density at radius 1 is 1.16 bits per heavy atom. The lowest BCUT2D eigenvalue weighted by atomic mass is 9.51. The van der Waals surface area contributed by atoms with Gasteiger partial charge in [-0.05, 0) is 67.3 Å². The quantitative estimate of drug-likeness (QED) is 0.732. The van der Waals surface area contributed by atoms with Crippen molar-refractivity contribution in [2.24, 2.45) is 29.1 Å². The Bertz CT molecular complexity index is 806. The maximum Gasteiger partial charge on any atom is 0.225 e. The first-order valence-corrected chi connectivity index (χ1v) is 12.6. The van der Waals surface area contributed by atoms with E-state index < -0.39 is 6.10 Å². The second-order valence-electron chi connectivity index (χ2n) is 10.9. The molecule has 1 saturated heterocycles. The van der Waals surface area contributed by atoms with Crippen molar-refractivity contribution in [2.75, 3.05) is 13.1 Å². The van der Waals surface area contributed by atoms with Crippen molar-refractivity contribution >= 4 is 11.8 Å². The summed E-state index contributed by atoms with van der Waals surface area (Å²) in [6, 6.07) is 9.91. The van der Waals surface area contributed by atoms with Gasteiger partial charge in [-0.3, -0.25) is 9.59 Å². The van der Waals surface area contributed by atoms with Gasteiger partial charge in [0.2, 0.25) is 11.8 Å². The van der Waals surface area contributed by atoms with Gasteiger partial charge in [0.15, 0.2) is 0 Å². The molecule has 4 rings (SSSR count). The number of amides is 2. The topological polar surface area (TPSA) is 69.6 Å². The fourth-order valence-corrected chi connectivity index (χ4v) is 6.95. The molecule has 0 spiro atoms. The predicted molar refractivity (Wildman–Crippen MR) is 126 cm³/mol. The van der Waals surface area contributed by atoms with Gasteiger partial charge in [0.05, 0.1) is 12.5 Å². The van der Waals surface area contributed by atoms with Crippen LogP contribution in [-0.2, 0) is 16.0 Å². The molecule has 0 bridgehead atoms. The number of nitrogens with one attached hydrogen (secondary N) is 1. The first kappa shape index (κ1) is 23.3. The number of aliphatic hydroxyl groups excluding tert-OH is 1. The third-order valence-corrected chi connectivity index (χ3v) is 8.89. The molecule has 1 aliphatic heterocycles. The van der Waals surface area contributed by atoms with Crippen LogP contribution in [0.4, 0.5) is 0 Å². The zero-order valence-corrected chi connectivity index (χ0v) is 19.9. The van der Waals surface area contributed by atoms with E-state index in [0.717, 1.165) is 57.2 Å². The minimum atomic E-state index is -0.501. The van der Waals surface area contributed by atoms with Crippen LogP contribution in [0.1, 0.15) is 64.9 Å². The highest BCUT2D eigenvalue weighted by Crippen LogP contribution is 2.55. The van der Waals surface area contributed by atoms with Crippen LogP contribution in [-0.4, -0.2) is 47.1 Å². The number of carbonyl (C=O) groups excluding carboxylic acids is 2. The summed E-state index contributed by atoms with van der Waals surface area (Å²) in [4.78, 5) is 27.8. The van der Waals surface area contributed by atoms with Gasteiger partial charge in [0.25, 0.3) is 0 Å². The van der Waals surface area contributed by atoms with E-state index in [1.54, 1.807) is 0 Å². The average molecular weight is 441 g/mol. The third kappa shape index (κ3) is 4.59. The minimum absolute atomic E-state index is 0.00222. The number of aliphatic hydroxyl groups is 1. The molecule has 3 fully saturated rings. The van der Waals surface area contributed by atoms with Crippen LogP contribution in [0.25, 0.3) is 0 Å². The van der Waals surface area contributed by atoms with E-state index in [0.29, 0.717) is 6.42 Å². The van der Waals surface area contributed by atoms with E-state index in [2.05, 4.69) is 19.2 Å². The van der Waals surface area contributed by atoms with Crippen LogP contribution in [0.15, 0.2) is 30.3 Å². The lowest BCUT2D eigenvalue weighted by Gasteiger charge is -2.56. The van der Waals surface area contributed by atoms with E-state index in [4.69, 9.17) is 0 Å². The first-order valence-electron chi connectivity index (χ1n) is 12.6. The lowest BCUT2D eigenvalue weighted by molar-refractivity contribution is -0.150. The van der Waals surface area contributed by atoms with E-state index in [9.17, 15) is 14.7 Å². The van der Waals surface area contributed by atoms with Crippen LogP contribution in [0.5, 0.6) is 0 Å². The number of hydrogen-bond donors (Lipinski definition) is 2. The van der Waals surface area contributed by atoms with Gasteiger partial charge in [-0.1, -0.05) is 51.1 Å². The highest BCUT2D eigenvalue weighted by Gasteiger charge is 2.54. The van der Waals surface area contributed by atoms with Crippen LogP contribution in [0, 0.1) is 29.1 Å². The molecule has 5 heteroatoms. The molecule has 2 saturated carbocycles. The van der Waals surface area contributed by atoms with Gasteiger partial charge in [-0.25, -0.2) is 0 Å². The molecule has 1 heterocycles. The van der Waals surface area contributed by atoms with Gasteiger partial charge in [0.1, 0.15) is 0 Å². The number of nitrogens with zero attached hydrogens (tertiary/aromatic N) is 1. The lowest BCUT2D eigenvalue weighted by Crippen LogP contribution is -2.58. The summed E-state index contributed by atoms with van der Waals surface area (Å²) >= 11 is 0. The monoisotopic (exact) mass is 440 g/mol. The van der Waals surface area contributed by atoms with E-state index >= 15 is 0 Å². The fourth-order valence-electron chi connectivity index (χ4n) is 6.95. The van der Waals surface area contributed by atoms with E-state index in [1.807, 2.05) is 42.2 Å². The Hall–Kier alpha value is -1.88. The van der Waals surface area contributed by atoms with Gasteiger partial charge in [-0.15, -0.1) is 0 Å². The van der Waals surface area contributed by atoms with Crippen molar-refractivity contribution in [2.45, 2.75) is 77.9 Å². The number of rotatable bonds is 5. The highest BCUT2D eigenvalue weighted by molar-refractivity contribution is 5.79. The molecule has 2 aliphatic carbocycles. The van der Waals surface area contributed by atoms with Crippen molar-refractivity contribution in [1.82, 2.24) is 10.2 Å². The number of carbonyl (C=O) groups is 2. The summed E-state index contributed by atoms with van der Waals surface area (Å²) in [6.45, 7) is 8.23. The van der Waals surface area contributed by atoms with Gasteiger partial charge >= 0.3 is 0 Å². The number of likely N-dealkylation sites (tertiary alicyclic amines) is 1. The van der Waals surface area contributed by atoms with Crippen molar-refractivity contribution in [3.8, 4) is 0 Å². The molecule has 176 valence electrons. The summed E-state index contributed by atoms with van der Waals surface area (Å²) in [6.07, 6.45) is 5.99. The van der Waals surface area contributed by atoms with Crippen molar-refractivity contribution < 1.29 is 14.7 Å². The molecule has 0 radical (unpaired) electrons. The molecule has 0 aromatic heterocycles. The number of fused-ring (bicyclic) bond motifs is 1.